The summed E-state index contributed by atoms with van der Waals surface area (Å²) >= 11 is 0. The van der Waals surface area contributed by atoms with Crippen molar-refractivity contribution in [3.8, 4) is 0 Å². The van der Waals surface area contributed by atoms with Gasteiger partial charge in [0.1, 0.15) is 5.82 Å². The number of hydrogen-bond acceptors (Lipinski definition) is 6. The van der Waals surface area contributed by atoms with Crippen LogP contribution in [0.5, 0.6) is 0 Å². The number of anilines is 1. The summed E-state index contributed by atoms with van der Waals surface area (Å²) in [5, 5.41) is 10.4. The van der Waals surface area contributed by atoms with E-state index >= 15 is 0 Å². The van der Waals surface area contributed by atoms with E-state index in [1.807, 2.05) is 0 Å². The van der Waals surface area contributed by atoms with Gasteiger partial charge in [-0.3, -0.25) is 9.69 Å². The van der Waals surface area contributed by atoms with E-state index in [4.69, 9.17) is 0 Å². The average Bonchev–Trinajstić information content (AvgIpc) is 3.15. The van der Waals surface area contributed by atoms with Crippen LogP contribution in [0.4, 0.5) is 18.9 Å². The van der Waals surface area contributed by atoms with Crippen LogP contribution in [0.2, 0.25) is 0 Å². The van der Waals surface area contributed by atoms with Crippen molar-refractivity contribution in [2.75, 3.05) is 38.0 Å². The van der Waals surface area contributed by atoms with Crippen LogP contribution in [-0.4, -0.2) is 77.6 Å². The van der Waals surface area contributed by atoms with E-state index in [0.717, 1.165) is 0 Å². The quantitative estimate of drug-likeness (QED) is 0.660. The second-order valence-electron chi connectivity index (χ2n) is 7.64. The van der Waals surface area contributed by atoms with Crippen LogP contribution < -0.4 is 5.32 Å². The lowest BCUT2D eigenvalue weighted by Gasteiger charge is -2.23. The van der Waals surface area contributed by atoms with Gasteiger partial charge in [0.15, 0.2) is 5.82 Å². The third-order valence-corrected chi connectivity index (χ3v) is 7.20. The Bertz CT molecular complexity index is 1180. The molecule has 4 rings (SSSR count). The number of aromatic amines is 1. The fourth-order valence-corrected chi connectivity index (χ4v) is 5.57. The largest absolute Gasteiger partial charge is 0.401 e. The highest BCUT2D eigenvalue weighted by molar-refractivity contribution is 7.89. The maximum atomic E-state index is 13.5. The highest BCUT2D eigenvalue weighted by atomic mass is 32.2. The molecule has 1 aromatic carbocycles. The van der Waals surface area contributed by atoms with E-state index in [1.54, 1.807) is 13.0 Å². The monoisotopic (exact) mass is 470 g/mol. The molecule has 0 bridgehead atoms. The van der Waals surface area contributed by atoms with Gasteiger partial charge in [0, 0.05) is 25.2 Å². The molecule has 2 aliphatic rings. The zero-order chi connectivity index (χ0) is 23.1. The number of hydrogen-bond donors (Lipinski definition) is 2. The number of halogens is 3. The number of amides is 1. The van der Waals surface area contributed by atoms with Crippen LogP contribution in [-0.2, 0) is 14.8 Å². The first-order chi connectivity index (χ1) is 15.0. The van der Waals surface area contributed by atoms with Crippen molar-refractivity contribution in [1.82, 2.24) is 24.4 Å². The molecular formula is C19H21F3N6O3S. The summed E-state index contributed by atoms with van der Waals surface area (Å²) in [5.74, 6) is 0.346. The molecule has 32 heavy (non-hydrogen) atoms. The number of alkyl halides is 3. The molecule has 172 valence electrons. The van der Waals surface area contributed by atoms with Crippen LogP contribution in [0.3, 0.4) is 0 Å². The molecule has 2 aromatic rings. The highest BCUT2D eigenvalue weighted by Crippen LogP contribution is 2.38. The first-order valence-electron chi connectivity index (χ1n) is 9.89. The van der Waals surface area contributed by atoms with E-state index in [-0.39, 0.29) is 48.6 Å². The van der Waals surface area contributed by atoms with Crippen molar-refractivity contribution < 1.29 is 26.4 Å². The van der Waals surface area contributed by atoms with Gasteiger partial charge in [-0.2, -0.15) is 17.5 Å². The normalized spacial score (nSPS) is 19.8. The maximum absolute atomic E-state index is 13.5. The van der Waals surface area contributed by atoms with Crippen molar-refractivity contribution in [2.24, 2.45) is 0 Å². The topological polar surface area (TPSA) is 111 Å². The number of sulfonamides is 1. The lowest BCUT2D eigenvalue weighted by molar-refractivity contribution is -0.145. The molecule has 3 heterocycles. The number of carbonyl (C=O) groups excluding carboxylic acids is 1. The summed E-state index contributed by atoms with van der Waals surface area (Å²) in [6, 6.07) is 4.50. The number of H-pyrrole nitrogens is 1. The summed E-state index contributed by atoms with van der Waals surface area (Å²) < 4.78 is 66.4. The van der Waals surface area contributed by atoms with Gasteiger partial charge in [0.05, 0.1) is 22.7 Å². The van der Waals surface area contributed by atoms with E-state index in [0.29, 0.717) is 17.3 Å². The van der Waals surface area contributed by atoms with Crippen LogP contribution in [0.1, 0.15) is 23.6 Å². The van der Waals surface area contributed by atoms with E-state index in [9.17, 15) is 26.4 Å². The molecule has 0 unspecified atom stereocenters. The first kappa shape index (κ1) is 22.4. The third-order valence-electron chi connectivity index (χ3n) is 5.25. The number of benzene rings is 1. The fraction of sp³-hybridized carbons (Fsp3) is 0.421. The van der Waals surface area contributed by atoms with Gasteiger partial charge in [-0.15, -0.1) is 10.2 Å². The minimum Gasteiger partial charge on any atom is -0.326 e. The summed E-state index contributed by atoms with van der Waals surface area (Å²) in [7, 11) is -4.08. The van der Waals surface area contributed by atoms with Crippen LogP contribution in [0.15, 0.2) is 23.1 Å². The second kappa shape index (κ2) is 8.30. The predicted octanol–water partition coefficient (Wildman–Crippen LogP) is 1.86. The molecule has 0 aliphatic carbocycles. The van der Waals surface area contributed by atoms with Gasteiger partial charge in [-0.25, -0.2) is 8.42 Å². The Morgan fingerprint density at radius 2 is 1.94 bits per heavy atom. The molecule has 1 saturated heterocycles. The van der Waals surface area contributed by atoms with E-state index in [2.05, 4.69) is 20.5 Å². The molecule has 2 N–H and O–H groups in total. The van der Waals surface area contributed by atoms with Gasteiger partial charge >= 0.3 is 6.18 Å². The van der Waals surface area contributed by atoms with Crippen molar-refractivity contribution >= 4 is 33.3 Å². The fourth-order valence-electron chi connectivity index (χ4n) is 3.87. The predicted molar refractivity (Wildman–Crippen MR) is 110 cm³/mol. The number of aromatic nitrogens is 3. The summed E-state index contributed by atoms with van der Waals surface area (Å²) in [4.78, 5) is 16.6. The second-order valence-corrected chi connectivity index (χ2v) is 9.54. The van der Waals surface area contributed by atoms with E-state index in [1.165, 1.54) is 27.4 Å². The van der Waals surface area contributed by atoms with Crippen molar-refractivity contribution in [1.29, 1.82) is 0 Å². The smallest absolute Gasteiger partial charge is 0.326 e. The standard InChI is InChI=1S/C19H21F3N6O3S/c1-12-23-16(26-25-12)10-13-17-14(24-18(13)29)4-2-5-15(17)32(30,31)28-7-3-6-27(8-9-28)11-19(20,21)22/h2,4-5,10H,3,6-9,11H2,1H3,(H,24,29)(H,23,25,26)/b13-10-. The van der Waals surface area contributed by atoms with Gasteiger partial charge in [-0.05, 0) is 38.1 Å². The Kier molecular flexibility index (Phi) is 5.81. The molecule has 2 aliphatic heterocycles. The minimum absolute atomic E-state index is 0.0367. The Hall–Kier alpha value is -2.77. The minimum atomic E-state index is -4.35. The SMILES string of the molecule is Cc1nnc(/C=C2\C(=O)Nc3cccc(S(=O)(=O)N4CCCN(CC(F)(F)F)CC4)c32)[nH]1. The molecule has 0 radical (unpaired) electrons. The average molecular weight is 470 g/mol. The van der Waals surface area contributed by atoms with Gasteiger partial charge in [-0.1, -0.05) is 6.07 Å². The highest BCUT2D eigenvalue weighted by Gasteiger charge is 2.37. The van der Waals surface area contributed by atoms with Crippen LogP contribution >= 0.6 is 0 Å². The molecule has 1 aromatic heterocycles. The third kappa shape index (κ3) is 4.54. The molecule has 1 amide bonds. The molecule has 0 spiro atoms. The van der Waals surface area contributed by atoms with Crippen LogP contribution in [0, 0.1) is 6.92 Å². The number of aryl methyl sites for hydroxylation is 1. The molecule has 1 fully saturated rings. The number of carbonyl (C=O) groups is 1. The van der Waals surface area contributed by atoms with Crippen molar-refractivity contribution in [2.45, 2.75) is 24.4 Å². The molecule has 13 heteroatoms. The Labute approximate surface area is 182 Å². The number of nitrogens with zero attached hydrogens (tertiary/aromatic N) is 4. The van der Waals surface area contributed by atoms with Gasteiger partial charge < -0.3 is 10.3 Å². The Morgan fingerprint density at radius 1 is 1.16 bits per heavy atom. The van der Waals surface area contributed by atoms with Crippen molar-refractivity contribution in [3.05, 3.63) is 35.4 Å². The Balaban J connectivity index is 1.67. The Morgan fingerprint density at radius 3 is 2.62 bits per heavy atom. The molecule has 0 atom stereocenters. The maximum Gasteiger partial charge on any atom is 0.401 e. The first-order valence-corrected chi connectivity index (χ1v) is 11.3. The summed E-state index contributed by atoms with van der Waals surface area (Å²) in [6.07, 6.45) is -2.66. The zero-order valence-electron chi connectivity index (χ0n) is 17.1. The van der Waals surface area contributed by atoms with Gasteiger partial charge in [0.25, 0.3) is 5.91 Å². The molecular weight excluding hydrogens is 449 g/mol. The molecule has 9 nitrogen and oxygen atoms in total. The lowest BCUT2D eigenvalue weighted by Crippen LogP contribution is -2.38. The molecule has 0 saturated carbocycles. The number of nitrogens with one attached hydrogen (secondary N) is 2. The summed E-state index contributed by atoms with van der Waals surface area (Å²) in [6.45, 7) is 0.726. The van der Waals surface area contributed by atoms with Crippen LogP contribution in [0.25, 0.3) is 11.6 Å². The number of rotatable bonds is 4. The number of fused-ring (bicyclic) bond motifs is 1. The van der Waals surface area contributed by atoms with Crippen molar-refractivity contribution in [3.63, 3.8) is 0 Å². The summed E-state index contributed by atoms with van der Waals surface area (Å²) in [5.41, 5.74) is 0.666. The zero-order valence-corrected chi connectivity index (χ0v) is 17.9. The van der Waals surface area contributed by atoms with Gasteiger partial charge in [0.2, 0.25) is 10.0 Å². The lowest BCUT2D eigenvalue weighted by atomic mass is 10.1. The van der Waals surface area contributed by atoms with E-state index < -0.39 is 28.7 Å².